The molecule has 1 unspecified atom stereocenters. The first kappa shape index (κ1) is 14.7. The van der Waals surface area contributed by atoms with E-state index in [0.29, 0.717) is 0 Å². The summed E-state index contributed by atoms with van der Waals surface area (Å²) in [6, 6.07) is 0. The van der Waals surface area contributed by atoms with Crippen molar-refractivity contribution >= 4 is 33.4 Å². The Hall–Kier alpha value is -1.34. The molecule has 0 saturated heterocycles. The summed E-state index contributed by atoms with van der Waals surface area (Å²) in [4.78, 5) is 21.6. The average Bonchev–Trinajstić information content (AvgIpc) is 2.27. The van der Waals surface area contributed by atoms with Gasteiger partial charge in [-0.25, -0.2) is 13.2 Å². The summed E-state index contributed by atoms with van der Waals surface area (Å²) in [5.41, 5.74) is 0.180. The first-order valence-electron chi connectivity index (χ1n) is 4.82. The van der Waals surface area contributed by atoms with Gasteiger partial charge < -0.3 is 9.84 Å². The number of hydrogen-bond acceptors (Lipinski definition) is 5. The number of carboxylic acids is 1. The number of aliphatic carboxylic acids is 1. The Morgan fingerprint density at radius 1 is 1.56 bits per heavy atom. The fourth-order valence-electron chi connectivity index (χ4n) is 1.38. The minimum atomic E-state index is -4.06. The second kappa shape index (κ2) is 5.11. The molecule has 100 valence electrons. The molecular weight excluding hydrogens is 284 g/mol. The first-order chi connectivity index (χ1) is 8.22. The van der Waals surface area contributed by atoms with Crippen LogP contribution >= 0.6 is 11.6 Å². The van der Waals surface area contributed by atoms with Gasteiger partial charge in [0.2, 0.25) is 0 Å². The van der Waals surface area contributed by atoms with E-state index in [0.717, 1.165) is 6.08 Å². The molecule has 1 atom stereocenters. The summed E-state index contributed by atoms with van der Waals surface area (Å²) in [5, 5.41) is 8.52. The molecule has 0 spiro atoms. The lowest BCUT2D eigenvalue weighted by Crippen LogP contribution is -2.36. The van der Waals surface area contributed by atoms with Gasteiger partial charge in [0.25, 0.3) is 0 Å². The highest BCUT2D eigenvalue weighted by molar-refractivity contribution is 7.94. The fraction of sp³-hybridized carbons (Fsp3) is 0.400. The molecule has 6 nitrogen and oxygen atoms in total. The van der Waals surface area contributed by atoms with Gasteiger partial charge in [0, 0.05) is 6.42 Å². The maximum Gasteiger partial charge on any atom is 0.337 e. The molecule has 0 radical (unpaired) electrons. The SMILES string of the molecule is COC(=O)C1=CCC(Cl)(S(=O)(=O)CC(=O)O)C=C1. The third-order valence-electron chi connectivity index (χ3n) is 2.36. The molecule has 1 aliphatic rings. The quantitative estimate of drug-likeness (QED) is 0.598. The molecule has 8 heteroatoms. The van der Waals surface area contributed by atoms with E-state index >= 15 is 0 Å². The van der Waals surface area contributed by atoms with Gasteiger partial charge >= 0.3 is 11.9 Å². The predicted octanol–water partition coefficient (Wildman–Crippen LogP) is 0.480. The normalized spacial score (nSPS) is 23.3. The monoisotopic (exact) mass is 294 g/mol. The van der Waals surface area contributed by atoms with Crippen LogP contribution in [0.15, 0.2) is 23.8 Å². The van der Waals surface area contributed by atoms with Gasteiger partial charge in [0.15, 0.2) is 14.0 Å². The number of hydrogen-bond donors (Lipinski definition) is 1. The molecule has 0 fully saturated rings. The smallest absolute Gasteiger partial charge is 0.337 e. The second-order valence-corrected chi connectivity index (χ2v) is 6.77. The number of ether oxygens (including phenoxy) is 1. The van der Waals surface area contributed by atoms with Crippen LogP contribution in [0.2, 0.25) is 0 Å². The number of rotatable bonds is 4. The number of methoxy groups -OCH3 is 1. The highest BCUT2D eigenvalue weighted by Gasteiger charge is 2.41. The Kier molecular flexibility index (Phi) is 4.18. The molecule has 0 aromatic carbocycles. The van der Waals surface area contributed by atoms with Gasteiger partial charge in [0.1, 0.15) is 5.75 Å². The van der Waals surface area contributed by atoms with Crippen molar-refractivity contribution in [1.82, 2.24) is 0 Å². The van der Waals surface area contributed by atoms with Crippen molar-refractivity contribution in [2.75, 3.05) is 12.9 Å². The van der Waals surface area contributed by atoms with Gasteiger partial charge in [-0.2, -0.15) is 0 Å². The van der Waals surface area contributed by atoms with Crippen molar-refractivity contribution in [2.24, 2.45) is 0 Å². The zero-order valence-corrected chi connectivity index (χ0v) is 11.0. The van der Waals surface area contributed by atoms with Crippen LogP contribution in [0.25, 0.3) is 0 Å². The highest BCUT2D eigenvalue weighted by Crippen LogP contribution is 2.34. The van der Waals surface area contributed by atoms with Gasteiger partial charge in [-0.15, -0.1) is 0 Å². The average molecular weight is 295 g/mol. The lowest BCUT2D eigenvalue weighted by molar-refractivity contribution is -0.136. The van der Waals surface area contributed by atoms with E-state index in [1.54, 1.807) is 0 Å². The van der Waals surface area contributed by atoms with E-state index in [2.05, 4.69) is 4.74 Å². The number of sulfone groups is 1. The molecule has 1 aliphatic carbocycles. The Morgan fingerprint density at radius 3 is 2.56 bits per heavy atom. The number of carbonyl (C=O) groups is 2. The Labute approximate surface area is 109 Å². The third kappa shape index (κ3) is 2.91. The number of alkyl halides is 1. The molecule has 0 aromatic heterocycles. The Balaban J connectivity index is 2.96. The zero-order valence-electron chi connectivity index (χ0n) is 9.42. The van der Waals surface area contributed by atoms with Crippen molar-refractivity contribution in [3.8, 4) is 0 Å². The van der Waals surface area contributed by atoms with E-state index in [-0.39, 0.29) is 12.0 Å². The van der Waals surface area contributed by atoms with Gasteiger partial charge in [0.05, 0.1) is 12.7 Å². The van der Waals surface area contributed by atoms with Crippen LogP contribution in [0, 0.1) is 0 Å². The molecule has 0 saturated carbocycles. The number of carboxylic acid groups (broad SMARTS) is 1. The lowest BCUT2D eigenvalue weighted by atomic mass is 10.1. The summed E-state index contributed by atoms with van der Waals surface area (Å²) < 4.78 is 26.1. The van der Waals surface area contributed by atoms with E-state index in [9.17, 15) is 18.0 Å². The minimum absolute atomic E-state index is 0.180. The fourth-order valence-corrected chi connectivity index (χ4v) is 2.86. The maximum atomic E-state index is 11.8. The van der Waals surface area contributed by atoms with Gasteiger partial charge in [-0.05, 0) is 12.2 Å². The van der Waals surface area contributed by atoms with E-state index in [1.165, 1.54) is 19.3 Å². The van der Waals surface area contributed by atoms with Crippen LogP contribution in [0.5, 0.6) is 0 Å². The van der Waals surface area contributed by atoms with Gasteiger partial charge in [-0.3, -0.25) is 4.79 Å². The van der Waals surface area contributed by atoms with Crippen LogP contribution < -0.4 is 0 Å². The Morgan fingerprint density at radius 2 is 2.17 bits per heavy atom. The van der Waals surface area contributed by atoms with E-state index in [1.807, 2.05) is 0 Å². The molecule has 0 heterocycles. The van der Waals surface area contributed by atoms with Crippen LogP contribution in [0.1, 0.15) is 6.42 Å². The summed E-state index contributed by atoms with van der Waals surface area (Å²) in [7, 11) is -2.86. The van der Waals surface area contributed by atoms with Crippen LogP contribution in [0.3, 0.4) is 0 Å². The van der Waals surface area contributed by atoms with Crippen molar-refractivity contribution in [3.63, 3.8) is 0 Å². The van der Waals surface area contributed by atoms with Crippen LogP contribution in [0.4, 0.5) is 0 Å². The number of carbonyl (C=O) groups excluding carboxylic acids is 1. The largest absolute Gasteiger partial charge is 0.480 e. The number of allylic oxidation sites excluding steroid dienone is 1. The molecule has 1 N–H and O–H groups in total. The zero-order chi connectivity index (χ0) is 14.0. The highest BCUT2D eigenvalue weighted by atomic mass is 35.5. The molecule has 0 aromatic rings. The second-order valence-electron chi connectivity index (χ2n) is 3.63. The topological polar surface area (TPSA) is 97.7 Å². The molecule has 18 heavy (non-hydrogen) atoms. The molecule has 0 aliphatic heterocycles. The number of esters is 1. The molecule has 0 amide bonds. The Bertz CT molecular complexity index is 533. The van der Waals surface area contributed by atoms with Crippen LogP contribution in [-0.2, 0) is 24.2 Å². The summed E-state index contributed by atoms with van der Waals surface area (Å²) in [5.74, 6) is -3.16. The summed E-state index contributed by atoms with van der Waals surface area (Å²) in [6.07, 6.45) is 3.42. The van der Waals surface area contributed by atoms with Crippen molar-refractivity contribution in [1.29, 1.82) is 0 Å². The van der Waals surface area contributed by atoms with Crippen molar-refractivity contribution in [2.45, 2.75) is 10.6 Å². The molecule has 0 bridgehead atoms. The summed E-state index contributed by atoms with van der Waals surface area (Å²) in [6.45, 7) is 0. The standard InChI is InChI=1S/C10H11ClO6S/c1-17-9(14)7-2-4-10(11,5-3-7)18(15,16)6-8(12)13/h2-4H,5-6H2,1H3,(H,12,13). The predicted molar refractivity (Wildman–Crippen MR) is 63.9 cm³/mol. The van der Waals surface area contributed by atoms with Crippen molar-refractivity contribution in [3.05, 3.63) is 23.8 Å². The van der Waals surface area contributed by atoms with Gasteiger partial charge in [-0.1, -0.05) is 17.7 Å². The lowest BCUT2D eigenvalue weighted by Gasteiger charge is -2.24. The van der Waals surface area contributed by atoms with E-state index < -0.39 is 31.7 Å². The summed E-state index contributed by atoms with van der Waals surface area (Å²) >= 11 is 5.89. The maximum absolute atomic E-state index is 11.8. The van der Waals surface area contributed by atoms with Crippen LogP contribution in [-0.4, -0.2) is 42.5 Å². The first-order valence-corrected chi connectivity index (χ1v) is 6.85. The van der Waals surface area contributed by atoms with Crippen molar-refractivity contribution < 1.29 is 27.9 Å². The molecule has 1 rings (SSSR count). The molecular formula is C10H11ClO6S. The number of halogens is 1. The minimum Gasteiger partial charge on any atom is -0.480 e. The van der Waals surface area contributed by atoms with E-state index in [4.69, 9.17) is 16.7 Å². The third-order valence-corrected chi connectivity index (χ3v) is 5.31.